The highest BCUT2D eigenvalue weighted by Gasteiger charge is 2.20. The first-order valence-corrected chi connectivity index (χ1v) is 7.43. The number of benzene rings is 2. The van der Waals surface area contributed by atoms with Crippen molar-refractivity contribution in [2.75, 3.05) is 0 Å². The smallest absolute Gasteiger partial charge is 0.408 e. The number of nitrogens with one attached hydrogen (secondary N) is 1. The van der Waals surface area contributed by atoms with Gasteiger partial charge in [-0.2, -0.15) is 0 Å². The molecule has 0 unspecified atom stereocenters. The molecule has 0 heterocycles. The Morgan fingerprint density at radius 3 is 2.43 bits per heavy atom. The molecule has 0 aromatic heterocycles. The lowest BCUT2D eigenvalue weighted by Gasteiger charge is -2.24. The molecule has 0 bridgehead atoms. The number of hydrogen-bond acceptors (Lipinski definition) is 4. The Morgan fingerprint density at radius 2 is 1.78 bits per heavy atom. The highest BCUT2D eigenvalue weighted by molar-refractivity contribution is 5.87. The van der Waals surface area contributed by atoms with Crippen LogP contribution in [0.3, 0.4) is 0 Å². The van der Waals surface area contributed by atoms with Crippen LogP contribution in [0.25, 0.3) is 10.8 Å². The van der Waals surface area contributed by atoms with Gasteiger partial charge in [-0.15, -0.1) is 0 Å². The molecule has 2 rings (SSSR count). The fourth-order valence-electron chi connectivity index (χ4n) is 2.33. The molecule has 1 amide bonds. The van der Waals surface area contributed by atoms with E-state index in [9.17, 15) is 14.7 Å². The van der Waals surface area contributed by atoms with Crippen molar-refractivity contribution >= 4 is 22.8 Å². The quantitative estimate of drug-likeness (QED) is 0.936. The number of carbonyl (C=O) groups is 2. The van der Waals surface area contributed by atoms with Gasteiger partial charge in [-0.05, 0) is 43.5 Å². The maximum atomic E-state index is 11.8. The molecule has 0 aliphatic carbocycles. The zero-order chi connectivity index (χ0) is 17.0. The number of rotatable bonds is 4. The van der Waals surface area contributed by atoms with Gasteiger partial charge in [0.2, 0.25) is 0 Å². The lowest BCUT2D eigenvalue weighted by atomic mass is 9.99. The van der Waals surface area contributed by atoms with Crippen LogP contribution in [-0.4, -0.2) is 23.7 Å². The SMILES string of the molecule is CC(C)(C)OC(=O)N[C@H](Cc1cccc2ccccc12)C(=O)[O-]. The first-order chi connectivity index (χ1) is 10.8. The van der Waals surface area contributed by atoms with Crippen molar-refractivity contribution in [1.29, 1.82) is 0 Å². The molecule has 0 saturated heterocycles. The number of amides is 1. The molecule has 0 saturated carbocycles. The van der Waals surface area contributed by atoms with Crippen LogP contribution < -0.4 is 10.4 Å². The number of hydrogen-bond donors (Lipinski definition) is 1. The van der Waals surface area contributed by atoms with Gasteiger partial charge in [-0.25, -0.2) is 4.79 Å². The third-order valence-electron chi connectivity index (χ3n) is 3.28. The Labute approximate surface area is 135 Å². The van der Waals surface area contributed by atoms with Gasteiger partial charge in [0.25, 0.3) is 0 Å². The minimum atomic E-state index is -1.34. The van der Waals surface area contributed by atoms with Gasteiger partial charge in [-0.3, -0.25) is 0 Å². The van der Waals surface area contributed by atoms with Crippen LogP contribution >= 0.6 is 0 Å². The van der Waals surface area contributed by atoms with Crippen LogP contribution in [0.1, 0.15) is 26.3 Å². The topological polar surface area (TPSA) is 78.5 Å². The molecular weight excluding hydrogens is 294 g/mol. The summed E-state index contributed by atoms with van der Waals surface area (Å²) in [6, 6.07) is 12.2. The molecule has 2 aromatic carbocycles. The Morgan fingerprint density at radius 1 is 1.13 bits per heavy atom. The van der Waals surface area contributed by atoms with Crippen molar-refractivity contribution in [2.24, 2.45) is 0 Å². The number of carbonyl (C=O) groups excluding carboxylic acids is 2. The second-order valence-corrected chi connectivity index (χ2v) is 6.36. The summed E-state index contributed by atoms with van der Waals surface area (Å²) in [7, 11) is 0. The summed E-state index contributed by atoms with van der Waals surface area (Å²) in [6.07, 6.45) is -0.643. The number of aliphatic carboxylic acids is 1. The van der Waals surface area contributed by atoms with E-state index in [1.807, 2.05) is 42.5 Å². The van der Waals surface area contributed by atoms with Crippen molar-refractivity contribution in [2.45, 2.75) is 38.8 Å². The van der Waals surface area contributed by atoms with Crippen molar-refractivity contribution in [3.05, 3.63) is 48.0 Å². The van der Waals surface area contributed by atoms with E-state index in [1.165, 1.54) is 0 Å². The van der Waals surface area contributed by atoms with Crippen molar-refractivity contribution in [3.8, 4) is 0 Å². The molecular formula is C18H20NO4-. The van der Waals surface area contributed by atoms with E-state index in [2.05, 4.69) is 5.32 Å². The predicted octanol–water partition coefficient (Wildman–Crippen LogP) is 2.03. The van der Waals surface area contributed by atoms with E-state index in [0.717, 1.165) is 16.3 Å². The lowest BCUT2D eigenvalue weighted by Crippen LogP contribution is -2.50. The second kappa shape index (κ2) is 6.69. The van der Waals surface area contributed by atoms with Crippen LogP contribution in [0.5, 0.6) is 0 Å². The van der Waals surface area contributed by atoms with E-state index in [0.29, 0.717) is 0 Å². The summed E-state index contributed by atoms with van der Waals surface area (Å²) >= 11 is 0. The van der Waals surface area contributed by atoms with E-state index in [1.54, 1.807) is 20.8 Å². The van der Waals surface area contributed by atoms with Crippen molar-refractivity contribution in [1.82, 2.24) is 5.32 Å². The standard InChI is InChI=1S/C18H21NO4/c1-18(2,3)23-17(22)19-15(16(20)21)11-13-9-6-8-12-7-4-5-10-14(12)13/h4-10,15H,11H2,1-3H3,(H,19,22)(H,20,21)/p-1/t15-/m1/s1. The summed E-state index contributed by atoms with van der Waals surface area (Å²) in [5, 5.41) is 15.7. The summed E-state index contributed by atoms with van der Waals surface area (Å²) < 4.78 is 5.10. The van der Waals surface area contributed by atoms with Gasteiger partial charge in [0, 0.05) is 0 Å². The van der Waals surface area contributed by atoms with Gasteiger partial charge in [-0.1, -0.05) is 42.5 Å². The summed E-state index contributed by atoms with van der Waals surface area (Å²) in [6.45, 7) is 5.14. The minimum absolute atomic E-state index is 0.128. The monoisotopic (exact) mass is 314 g/mol. The largest absolute Gasteiger partial charge is 0.548 e. The van der Waals surface area contributed by atoms with E-state index in [4.69, 9.17) is 4.74 Å². The van der Waals surface area contributed by atoms with Crippen molar-refractivity contribution < 1.29 is 19.4 Å². The summed E-state index contributed by atoms with van der Waals surface area (Å²) in [5.74, 6) is -1.34. The molecule has 2 aromatic rings. The van der Waals surface area contributed by atoms with Crippen LogP contribution in [-0.2, 0) is 16.0 Å². The summed E-state index contributed by atoms with van der Waals surface area (Å²) in [5.41, 5.74) is 0.133. The molecule has 5 nitrogen and oxygen atoms in total. The Hall–Kier alpha value is -2.56. The van der Waals surface area contributed by atoms with E-state index >= 15 is 0 Å². The zero-order valence-corrected chi connectivity index (χ0v) is 13.5. The van der Waals surface area contributed by atoms with Crippen molar-refractivity contribution in [3.63, 3.8) is 0 Å². The van der Waals surface area contributed by atoms with E-state index < -0.39 is 23.7 Å². The molecule has 122 valence electrons. The number of carboxylic acids is 1. The lowest BCUT2D eigenvalue weighted by molar-refractivity contribution is -0.308. The molecule has 0 fully saturated rings. The molecule has 0 radical (unpaired) electrons. The average Bonchev–Trinajstić information content (AvgIpc) is 2.44. The van der Waals surface area contributed by atoms with Gasteiger partial charge >= 0.3 is 6.09 Å². The first kappa shape index (κ1) is 16.8. The number of ether oxygens (including phenoxy) is 1. The Kier molecular flexibility index (Phi) is 4.89. The second-order valence-electron chi connectivity index (χ2n) is 6.36. The average molecular weight is 314 g/mol. The highest BCUT2D eigenvalue weighted by atomic mass is 16.6. The van der Waals surface area contributed by atoms with Crippen LogP contribution in [0.2, 0.25) is 0 Å². The van der Waals surface area contributed by atoms with Crippen LogP contribution in [0, 0.1) is 0 Å². The van der Waals surface area contributed by atoms with Crippen LogP contribution in [0.15, 0.2) is 42.5 Å². The van der Waals surface area contributed by atoms with Gasteiger partial charge in [0.1, 0.15) is 5.60 Å². The van der Waals surface area contributed by atoms with E-state index in [-0.39, 0.29) is 6.42 Å². The molecule has 0 aliphatic heterocycles. The van der Waals surface area contributed by atoms with Gasteiger partial charge < -0.3 is 20.0 Å². The first-order valence-electron chi connectivity index (χ1n) is 7.43. The molecule has 1 N–H and O–H groups in total. The highest BCUT2D eigenvalue weighted by Crippen LogP contribution is 2.20. The third kappa shape index (κ3) is 4.71. The molecule has 1 atom stereocenters. The third-order valence-corrected chi connectivity index (χ3v) is 3.28. The summed E-state index contributed by atoms with van der Waals surface area (Å²) in [4.78, 5) is 23.2. The van der Waals surface area contributed by atoms with Crippen LogP contribution in [0.4, 0.5) is 4.79 Å². The predicted molar refractivity (Wildman–Crippen MR) is 85.8 cm³/mol. The fraction of sp³-hybridized carbons (Fsp3) is 0.333. The Balaban J connectivity index is 2.19. The van der Waals surface area contributed by atoms with Gasteiger partial charge in [0.05, 0.1) is 12.0 Å². The number of carboxylic acid groups (broad SMARTS) is 1. The minimum Gasteiger partial charge on any atom is -0.548 e. The fourth-order valence-corrected chi connectivity index (χ4v) is 2.33. The molecule has 0 spiro atoms. The maximum Gasteiger partial charge on any atom is 0.408 e. The molecule has 0 aliphatic rings. The zero-order valence-electron chi connectivity index (χ0n) is 13.5. The number of alkyl carbamates (subject to hydrolysis) is 1. The Bertz CT molecular complexity index is 713. The van der Waals surface area contributed by atoms with Gasteiger partial charge in [0.15, 0.2) is 0 Å². The molecule has 23 heavy (non-hydrogen) atoms. The maximum absolute atomic E-state index is 11.8. The number of fused-ring (bicyclic) bond motifs is 1. The molecule has 5 heteroatoms. The normalized spacial score (nSPS) is 12.7.